The molecule has 1 amide bonds. The van der Waals surface area contributed by atoms with Crippen LogP contribution in [0.4, 0.5) is 15.8 Å². The highest BCUT2D eigenvalue weighted by atomic mass is 35.5. The highest BCUT2D eigenvalue weighted by Crippen LogP contribution is 2.35. The smallest absolute Gasteiger partial charge is 0.256 e. The van der Waals surface area contributed by atoms with Gasteiger partial charge in [-0.05, 0) is 60.2 Å². The summed E-state index contributed by atoms with van der Waals surface area (Å²) >= 11 is 6.10. The van der Waals surface area contributed by atoms with E-state index in [2.05, 4.69) is 15.6 Å². The maximum Gasteiger partial charge on any atom is 0.256 e. The van der Waals surface area contributed by atoms with Crippen molar-refractivity contribution in [2.75, 3.05) is 10.6 Å². The van der Waals surface area contributed by atoms with Crippen molar-refractivity contribution in [2.24, 2.45) is 0 Å². The molecule has 0 atom stereocenters. The van der Waals surface area contributed by atoms with E-state index in [-0.39, 0.29) is 11.7 Å². The summed E-state index contributed by atoms with van der Waals surface area (Å²) in [6.07, 6.45) is 3.62. The average molecular weight is 368 g/mol. The zero-order chi connectivity index (χ0) is 18.1. The van der Waals surface area contributed by atoms with Gasteiger partial charge in [0, 0.05) is 40.4 Å². The fraction of sp³-hybridized carbons (Fsp3) is 0.0500. The summed E-state index contributed by atoms with van der Waals surface area (Å²) in [5.74, 6) is -0.467. The van der Waals surface area contributed by atoms with Gasteiger partial charge in [0.25, 0.3) is 5.91 Å². The second-order valence-corrected chi connectivity index (χ2v) is 6.39. The van der Waals surface area contributed by atoms with Crippen LogP contribution in [-0.4, -0.2) is 10.9 Å². The molecule has 1 aliphatic heterocycles. The molecule has 1 aliphatic rings. The lowest BCUT2D eigenvalue weighted by molar-refractivity contribution is -0.110. The molecule has 0 saturated carbocycles. The minimum Gasteiger partial charge on any atom is -0.381 e. The van der Waals surface area contributed by atoms with Crippen LogP contribution in [0.25, 0.3) is 11.6 Å². The summed E-state index contributed by atoms with van der Waals surface area (Å²) in [7, 11) is 0. The molecule has 0 bridgehead atoms. The van der Waals surface area contributed by atoms with Gasteiger partial charge in [0.1, 0.15) is 5.82 Å². The topological polar surface area (TPSA) is 56.9 Å². The number of aromatic amines is 1. The Morgan fingerprint density at radius 1 is 1.15 bits per heavy atom. The standard InChI is InChI=1S/C20H15ClFN3O/c21-18-5-3-13(22)8-12(18)11-24-15-4-6-19-16(9-15)17(20(26)25-19)10-14-2-1-7-23-14/h1-10,23-24H,11H2,(H,25,26). The lowest BCUT2D eigenvalue weighted by Crippen LogP contribution is -2.03. The number of rotatable bonds is 4. The minimum absolute atomic E-state index is 0.139. The Morgan fingerprint density at radius 3 is 2.85 bits per heavy atom. The molecule has 3 N–H and O–H groups in total. The number of aromatic nitrogens is 1. The van der Waals surface area contributed by atoms with Gasteiger partial charge in [0.15, 0.2) is 0 Å². The summed E-state index contributed by atoms with van der Waals surface area (Å²) in [5, 5.41) is 6.59. The van der Waals surface area contributed by atoms with Gasteiger partial charge in [-0.25, -0.2) is 4.39 Å². The van der Waals surface area contributed by atoms with Crippen LogP contribution >= 0.6 is 11.6 Å². The van der Waals surface area contributed by atoms with Crippen molar-refractivity contribution in [2.45, 2.75) is 6.54 Å². The number of nitrogens with one attached hydrogen (secondary N) is 3. The Balaban J connectivity index is 1.60. The second kappa shape index (κ2) is 6.69. The molecular formula is C20H15ClFN3O. The van der Waals surface area contributed by atoms with E-state index in [1.54, 1.807) is 6.20 Å². The predicted octanol–water partition coefficient (Wildman–Crippen LogP) is 4.91. The van der Waals surface area contributed by atoms with Gasteiger partial charge in [-0.2, -0.15) is 0 Å². The Kier molecular flexibility index (Phi) is 4.22. The van der Waals surface area contributed by atoms with Crippen LogP contribution in [-0.2, 0) is 11.3 Å². The van der Waals surface area contributed by atoms with Crippen molar-refractivity contribution >= 4 is 40.5 Å². The molecule has 26 heavy (non-hydrogen) atoms. The number of halogens is 2. The number of hydrogen-bond acceptors (Lipinski definition) is 2. The highest BCUT2D eigenvalue weighted by Gasteiger charge is 2.24. The van der Waals surface area contributed by atoms with Gasteiger partial charge in [-0.15, -0.1) is 0 Å². The van der Waals surface area contributed by atoms with E-state index in [0.29, 0.717) is 22.7 Å². The quantitative estimate of drug-likeness (QED) is 0.574. The van der Waals surface area contributed by atoms with E-state index in [1.807, 2.05) is 36.4 Å². The Hall–Kier alpha value is -3.05. The largest absolute Gasteiger partial charge is 0.381 e. The summed E-state index contributed by atoms with van der Waals surface area (Å²) < 4.78 is 13.4. The number of H-pyrrole nitrogens is 1. The van der Waals surface area contributed by atoms with E-state index in [0.717, 1.165) is 22.6 Å². The number of carbonyl (C=O) groups excluding carboxylic acids is 1. The highest BCUT2D eigenvalue weighted by molar-refractivity contribution is 6.35. The van der Waals surface area contributed by atoms with E-state index in [9.17, 15) is 9.18 Å². The maximum atomic E-state index is 13.4. The fourth-order valence-corrected chi connectivity index (χ4v) is 3.09. The monoisotopic (exact) mass is 367 g/mol. The molecular weight excluding hydrogens is 353 g/mol. The van der Waals surface area contributed by atoms with Gasteiger partial charge in [0.2, 0.25) is 0 Å². The van der Waals surface area contributed by atoms with Crippen molar-refractivity contribution in [3.05, 3.63) is 82.4 Å². The first-order valence-corrected chi connectivity index (χ1v) is 8.46. The Labute approximate surface area is 154 Å². The first-order valence-electron chi connectivity index (χ1n) is 8.09. The van der Waals surface area contributed by atoms with Crippen molar-refractivity contribution in [1.29, 1.82) is 0 Å². The van der Waals surface area contributed by atoms with E-state index >= 15 is 0 Å². The molecule has 1 aromatic heterocycles. The first-order chi connectivity index (χ1) is 12.6. The third-order valence-electron chi connectivity index (χ3n) is 4.22. The average Bonchev–Trinajstić information content (AvgIpc) is 3.24. The van der Waals surface area contributed by atoms with Gasteiger partial charge in [-0.1, -0.05) is 11.6 Å². The molecule has 2 heterocycles. The van der Waals surface area contributed by atoms with Crippen molar-refractivity contribution in [1.82, 2.24) is 4.98 Å². The lowest BCUT2D eigenvalue weighted by atomic mass is 10.0. The van der Waals surface area contributed by atoms with Crippen LogP contribution < -0.4 is 10.6 Å². The van der Waals surface area contributed by atoms with Crippen LogP contribution in [0.2, 0.25) is 5.02 Å². The minimum atomic E-state index is -0.328. The predicted molar refractivity (Wildman–Crippen MR) is 102 cm³/mol. The SMILES string of the molecule is O=C1Nc2ccc(NCc3cc(F)ccc3Cl)cc2C1=Cc1ccc[nH]1. The van der Waals surface area contributed by atoms with E-state index in [4.69, 9.17) is 11.6 Å². The third-order valence-corrected chi connectivity index (χ3v) is 4.58. The van der Waals surface area contributed by atoms with Gasteiger partial charge < -0.3 is 15.6 Å². The molecule has 6 heteroatoms. The van der Waals surface area contributed by atoms with Crippen molar-refractivity contribution in [3.8, 4) is 0 Å². The lowest BCUT2D eigenvalue weighted by Gasteiger charge is -2.10. The zero-order valence-electron chi connectivity index (χ0n) is 13.6. The summed E-state index contributed by atoms with van der Waals surface area (Å²) in [6, 6.07) is 13.7. The van der Waals surface area contributed by atoms with Gasteiger partial charge in [0.05, 0.1) is 5.57 Å². The number of fused-ring (bicyclic) bond motifs is 1. The number of anilines is 2. The normalized spacial score (nSPS) is 14.4. The summed E-state index contributed by atoms with van der Waals surface area (Å²) in [6.45, 7) is 0.381. The van der Waals surface area contributed by atoms with E-state index < -0.39 is 0 Å². The fourth-order valence-electron chi connectivity index (χ4n) is 2.91. The first kappa shape index (κ1) is 16.4. The molecule has 0 fully saturated rings. The molecule has 0 unspecified atom stereocenters. The van der Waals surface area contributed by atoms with Crippen LogP contribution in [0.3, 0.4) is 0 Å². The van der Waals surface area contributed by atoms with Crippen LogP contribution in [0.15, 0.2) is 54.7 Å². The van der Waals surface area contributed by atoms with Crippen molar-refractivity contribution < 1.29 is 9.18 Å². The molecule has 4 nitrogen and oxygen atoms in total. The van der Waals surface area contributed by atoms with Crippen LogP contribution in [0.5, 0.6) is 0 Å². The van der Waals surface area contributed by atoms with Gasteiger partial charge in [-0.3, -0.25) is 4.79 Å². The molecule has 0 radical (unpaired) electrons. The van der Waals surface area contributed by atoms with Crippen LogP contribution in [0.1, 0.15) is 16.8 Å². The third kappa shape index (κ3) is 3.21. The molecule has 2 aromatic carbocycles. The number of carbonyl (C=O) groups is 1. The van der Waals surface area contributed by atoms with E-state index in [1.165, 1.54) is 18.2 Å². The Morgan fingerprint density at radius 2 is 2.04 bits per heavy atom. The molecule has 4 rings (SSSR count). The molecule has 130 valence electrons. The molecule has 3 aromatic rings. The summed E-state index contributed by atoms with van der Waals surface area (Å²) in [4.78, 5) is 15.3. The van der Waals surface area contributed by atoms with Crippen LogP contribution in [0, 0.1) is 5.82 Å². The number of amides is 1. The molecule has 0 saturated heterocycles. The zero-order valence-corrected chi connectivity index (χ0v) is 14.4. The number of hydrogen-bond donors (Lipinski definition) is 3. The molecule has 0 aliphatic carbocycles. The van der Waals surface area contributed by atoms with Crippen molar-refractivity contribution in [3.63, 3.8) is 0 Å². The summed E-state index contributed by atoms with van der Waals surface area (Å²) in [5.41, 5.74) is 4.52. The maximum absolute atomic E-state index is 13.4. The molecule has 0 spiro atoms. The number of benzene rings is 2. The van der Waals surface area contributed by atoms with Gasteiger partial charge >= 0.3 is 0 Å². The Bertz CT molecular complexity index is 1010. The second-order valence-electron chi connectivity index (χ2n) is 5.99.